The van der Waals surface area contributed by atoms with Crippen LogP contribution in [0.15, 0.2) is 54.6 Å². The molecule has 1 amide bonds. The molecule has 0 aliphatic carbocycles. The van der Waals surface area contributed by atoms with Gasteiger partial charge in [0, 0.05) is 19.5 Å². The Kier molecular flexibility index (Phi) is 5.94. The number of ether oxygens (including phenoxy) is 1. The summed E-state index contributed by atoms with van der Waals surface area (Å²) in [5, 5.41) is 9.00. The van der Waals surface area contributed by atoms with E-state index in [2.05, 4.69) is 30.3 Å². The lowest BCUT2D eigenvalue weighted by Crippen LogP contribution is -2.37. The zero-order chi connectivity index (χ0) is 17.5. The smallest absolute Gasteiger partial charge is 0.407 e. The van der Waals surface area contributed by atoms with Gasteiger partial charge in [0.2, 0.25) is 0 Å². The second-order valence-corrected chi connectivity index (χ2v) is 6.62. The number of hydrogen-bond acceptors (Lipinski definition) is 2. The van der Waals surface area contributed by atoms with Crippen molar-refractivity contribution in [2.75, 3.05) is 19.7 Å². The first-order valence-electron chi connectivity index (χ1n) is 8.95. The maximum atomic E-state index is 10.9. The number of carboxylic acid groups (broad SMARTS) is 1. The Morgan fingerprint density at radius 1 is 1.04 bits per heavy atom. The van der Waals surface area contributed by atoms with Gasteiger partial charge in [0.1, 0.15) is 5.75 Å². The Balaban J connectivity index is 1.50. The topological polar surface area (TPSA) is 49.8 Å². The summed E-state index contributed by atoms with van der Waals surface area (Å²) >= 11 is 0. The summed E-state index contributed by atoms with van der Waals surface area (Å²) < 4.78 is 6.06. The molecule has 4 nitrogen and oxygen atoms in total. The molecule has 2 aromatic carbocycles. The van der Waals surface area contributed by atoms with E-state index in [1.807, 2.05) is 24.3 Å². The lowest BCUT2D eigenvalue weighted by Gasteiger charge is -2.29. The molecule has 0 bridgehead atoms. The molecule has 0 aromatic heterocycles. The standard InChI is InChI=1S/C21H25NO3/c23-21(24)22-13-10-17(11-14-22)12-15-25-20-9-5-4-8-19(20)16-18-6-2-1-3-7-18/h1-9,17H,10-16H2,(H,23,24). The van der Waals surface area contributed by atoms with Crippen LogP contribution in [0.3, 0.4) is 0 Å². The maximum absolute atomic E-state index is 10.9. The zero-order valence-corrected chi connectivity index (χ0v) is 14.4. The first-order valence-corrected chi connectivity index (χ1v) is 8.95. The Morgan fingerprint density at radius 3 is 2.44 bits per heavy atom. The second kappa shape index (κ2) is 8.56. The fourth-order valence-corrected chi connectivity index (χ4v) is 3.35. The third-order valence-electron chi connectivity index (χ3n) is 4.88. The van der Waals surface area contributed by atoms with Gasteiger partial charge in [0.25, 0.3) is 0 Å². The summed E-state index contributed by atoms with van der Waals surface area (Å²) in [6, 6.07) is 18.6. The van der Waals surface area contributed by atoms with Crippen LogP contribution in [0.1, 0.15) is 30.4 Å². The first kappa shape index (κ1) is 17.3. The minimum atomic E-state index is -0.801. The van der Waals surface area contributed by atoms with Crippen molar-refractivity contribution < 1.29 is 14.6 Å². The van der Waals surface area contributed by atoms with Crippen molar-refractivity contribution in [3.8, 4) is 5.75 Å². The van der Waals surface area contributed by atoms with Gasteiger partial charge < -0.3 is 14.7 Å². The van der Waals surface area contributed by atoms with Gasteiger partial charge in [-0.15, -0.1) is 0 Å². The van der Waals surface area contributed by atoms with Crippen LogP contribution in [0.25, 0.3) is 0 Å². The molecule has 0 saturated carbocycles. The molecule has 0 atom stereocenters. The summed E-state index contributed by atoms with van der Waals surface area (Å²) in [5.41, 5.74) is 2.48. The van der Waals surface area contributed by atoms with Gasteiger partial charge in [0.15, 0.2) is 0 Å². The van der Waals surface area contributed by atoms with Crippen LogP contribution in [-0.4, -0.2) is 35.8 Å². The number of hydrogen-bond donors (Lipinski definition) is 1. The summed E-state index contributed by atoms with van der Waals surface area (Å²) in [7, 11) is 0. The Bertz CT molecular complexity index is 679. The van der Waals surface area contributed by atoms with Crippen LogP contribution in [0.4, 0.5) is 4.79 Å². The van der Waals surface area contributed by atoms with Crippen molar-refractivity contribution in [3.63, 3.8) is 0 Å². The molecule has 0 spiro atoms. The van der Waals surface area contributed by atoms with Gasteiger partial charge in [-0.2, -0.15) is 0 Å². The fourth-order valence-electron chi connectivity index (χ4n) is 3.35. The number of likely N-dealkylation sites (tertiary alicyclic amines) is 1. The monoisotopic (exact) mass is 339 g/mol. The molecule has 0 unspecified atom stereocenters. The maximum Gasteiger partial charge on any atom is 0.407 e. The molecule has 132 valence electrons. The van der Waals surface area contributed by atoms with E-state index in [1.165, 1.54) is 16.0 Å². The van der Waals surface area contributed by atoms with E-state index in [4.69, 9.17) is 9.84 Å². The minimum absolute atomic E-state index is 0.553. The highest BCUT2D eigenvalue weighted by molar-refractivity contribution is 5.64. The third kappa shape index (κ3) is 4.99. The van der Waals surface area contributed by atoms with Crippen LogP contribution in [-0.2, 0) is 6.42 Å². The number of piperidine rings is 1. The van der Waals surface area contributed by atoms with Crippen LogP contribution < -0.4 is 4.74 Å². The summed E-state index contributed by atoms with van der Waals surface area (Å²) in [5.74, 6) is 1.51. The average molecular weight is 339 g/mol. The number of rotatable bonds is 6. The Morgan fingerprint density at radius 2 is 1.72 bits per heavy atom. The predicted molar refractivity (Wildman–Crippen MR) is 98.1 cm³/mol. The minimum Gasteiger partial charge on any atom is -0.493 e. The second-order valence-electron chi connectivity index (χ2n) is 6.62. The number of carbonyl (C=O) groups is 1. The summed E-state index contributed by atoms with van der Waals surface area (Å²) in [6.45, 7) is 1.97. The molecule has 1 aliphatic rings. The number of para-hydroxylation sites is 1. The normalized spacial score (nSPS) is 15.1. The summed E-state index contributed by atoms with van der Waals surface area (Å²) in [4.78, 5) is 12.5. The van der Waals surface area contributed by atoms with Crippen molar-refractivity contribution in [3.05, 3.63) is 65.7 Å². The van der Waals surface area contributed by atoms with Crippen LogP contribution in [0.5, 0.6) is 5.75 Å². The zero-order valence-electron chi connectivity index (χ0n) is 14.4. The first-order chi connectivity index (χ1) is 12.2. The largest absolute Gasteiger partial charge is 0.493 e. The molecule has 1 saturated heterocycles. The highest BCUT2D eigenvalue weighted by Gasteiger charge is 2.22. The van der Waals surface area contributed by atoms with E-state index in [0.29, 0.717) is 25.6 Å². The molecule has 1 aliphatic heterocycles. The van der Waals surface area contributed by atoms with Gasteiger partial charge in [-0.3, -0.25) is 0 Å². The van der Waals surface area contributed by atoms with Gasteiger partial charge in [-0.05, 0) is 42.4 Å². The van der Waals surface area contributed by atoms with E-state index in [0.717, 1.165) is 31.4 Å². The molecular formula is C21H25NO3. The quantitative estimate of drug-likeness (QED) is 0.846. The van der Waals surface area contributed by atoms with Crippen molar-refractivity contribution >= 4 is 6.09 Å². The predicted octanol–water partition coefficient (Wildman–Crippen LogP) is 4.44. The van der Waals surface area contributed by atoms with Gasteiger partial charge in [-0.1, -0.05) is 48.5 Å². The van der Waals surface area contributed by atoms with Crippen molar-refractivity contribution in [1.29, 1.82) is 0 Å². The molecule has 25 heavy (non-hydrogen) atoms. The summed E-state index contributed by atoms with van der Waals surface area (Å²) in [6.07, 6.45) is 2.91. The SMILES string of the molecule is O=C(O)N1CCC(CCOc2ccccc2Cc2ccccc2)CC1. The van der Waals surface area contributed by atoms with Crippen LogP contribution in [0, 0.1) is 5.92 Å². The molecule has 1 fully saturated rings. The van der Waals surface area contributed by atoms with Gasteiger partial charge in [0.05, 0.1) is 6.61 Å². The number of benzene rings is 2. The highest BCUT2D eigenvalue weighted by Crippen LogP contribution is 2.24. The number of amides is 1. The lowest BCUT2D eigenvalue weighted by atomic mass is 9.94. The molecule has 1 heterocycles. The molecule has 0 radical (unpaired) electrons. The molecular weight excluding hydrogens is 314 g/mol. The van der Waals surface area contributed by atoms with E-state index < -0.39 is 6.09 Å². The van der Waals surface area contributed by atoms with Gasteiger partial charge >= 0.3 is 6.09 Å². The molecule has 1 N–H and O–H groups in total. The highest BCUT2D eigenvalue weighted by atomic mass is 16.5. The third-order valence-corrected chi connectivity index (χ3v) is 4.88. The fraction of sp³-hybridized carbons (Fsp3) is 0.381. The number of nitrogens with zero attached hydrogens (tertiary/aromatic N) is 1. The van der Waals surface area contributed by atoms with Crippen LogP contribution in [0.2, 0.25) is 0 Å². The van der Waals surface area contributed by atoms with Crippen LogP contribution >= 0.6 is 0 Å². The average Bonchev–Trinajstić information content (AvgIpc) is 2.64. The Hall–Kier alpha value is -2.49. The van der Waals surface area contributed by atoms with E-state index in [-0.39, 0.29) is 0 Å². The van der Waals surface area contributed by atoms with Crippen molar-refractivity contribution in [2.45, 2.75) is 25.7 Å². The molecule has 4 heteroatoms. The van der Waals surface area contributed by atoms with Crippen molar-refractivity contribution in [1.82, 2.24) is 4.90 Å². The van der Waals surface area contributed by atoms with Gasteiger partial charge in [-0.25, -0.2) is 4.79 Å². The van der Waals surface area contributed by atoms with E-state index >= 15 is 0 Å². The Labute approximate surface area is 149 Å². The lowest BCUT2D eigenvalue weighted by molar-refractivity contribution is 0.119. The molecule has 3 rings (SSSR count). The van der Waals surface area contributed by atoms with E-state index in [1.54, 1.807) is 0 Å². The van der Waals surface area contributed by atoms with E-state index in [9.17, 15) is 4.79 Å². The molecule has 2 aromatic rings. The van der Waals surface area contributed by atoms with Crippen molar-refractivity contribution in [2.24, 2.45) is 5.92 Å².